The Morgan fingerprint density at radius 1 is 0.788 bits per heavy atom. The summed E-state index contributed by atoms with van der Waals surface area (Å²) in [7, 11) is 0. The lowest BCUT2D eigenvalue weighted by atomic mass is 9.81. The highest BCUT2D eigenvalue weighted by molar-refractivity contribution is 6.38. The first-order valence-electron chi connectivity index (χ1n) is 11.5. The molecule has 1 aromatic heterocycles. The Bertz CT molecular complexity index is 1770. The molecule has 0 aliphatic heterocycles. The first-order valence-corrected chi connectivity index (χ1v) is 11.8. The van der Waals surface area contributed by atoms with E-state index in [4.69, 9.17) is 16.0 Å². The maximum Gasteiger partial charge on any atom is 0.143 e. The van der Waals surface area contributed by atoms with Crippen LogP contribution in [0.4, 0.5) is 0 Å². The van der Waals surface area contributed by atoms with Crippen LogP contribution in [0.3, 0.4) is 0 Å². The molecule has 5 aromatic carbocycles. The summed E-state index contributed by atoms with van der Waals surface area (Å²) in [6.07, 6.45) is 5.71. The molecule has 0 bridgehead atoms. The van der Waals surface area contributed by atoms with E-state index in [0.717, 1.165) is 44.5 Å². The van der Waals surface area contributed by atoms with Crippen LogP contribution in [-0.4, -0.2) is 0 Å². The molecule has 0 spiro atoms. The van der Waals surface area contributed by atoms with Crippen molar-refractivity contribution in [3.05, 3.63) is 101 Å². The Hall–Kier alpha value is -3.55. The molecule has 0 radical (unpaired) electrons. The Balaban J connectivity index is 1.57. The van der Waals surface area contributed by atoms with Crippen LogP contribution in [0.25, 0.3) is 60.7 Å². The van der Waals surface area contributed by atoms with Crippen LogP contribution in [0.5, 0.6) is 0 Å². The number of benzene rings is 5. The van der Waals surface area contributed by atoms with Crippen LogP contribution < -0.4 is 0 Å². The van der Waals surface area contributed by atoms with Crippen LogP contribution in [0, 0.1) is 0 Å². The molecule has 1 unspecified atom stereocenters. The zero-order valence-corrected chi connectivity index (χ0v) is 19.0. The van der Waals surface area contributed by atoms with Crippen LogP contribution >= 0.6 is 11.6 Å². The van der Waals surface area contributed by atoms with Crippen LogP contribution in [0.15, 0.2) is 89.4 Å². The van der Waals surface area contributed by atoms with Gasteiger partial charge in [0.15, 0.2) is 0 Å². The predicted molar refractivity (Wildman–Crippen MR) is 141 cm³/mol. The average molecular weight is 445 g/mol. The number of hydrogen-bond acceptors (Lipinski definition) is 1. The Labute approximate surface area is 196 Å². The number of para-hydroxylation sites is 1. The van der Waals surface area contributed by atoms with E-state index in [-0.39, 0.29) is 0 Å². The standard InChI is InChI=1S/C31H21ClO/c1-18-7-4-11-23-21-8-2-3-9-22(21)26-17-19(15-16-24(26)29(18)23)20-10-5-12-25-30-27(32)13-6-14-28(30)33-31(20)25/h2-6,8-18H,7H2,1H3. The maximum absolute atomic E-state index is 6.53. The third-order valence-electron chi connectivity index (χ3n) is 7.16. The molecule has 7 rings (SSSR count). The molecular weight excluding hydrogens is 424 g/mol. The maximum atomic E-state index is 6.53. The van der Waals surface area contributed by atoms with Crippen LogP contribution in [-0.2, 0) is 0 Å². The van der Waals surface area contributed by atoms with E-state index in [2.05, 4.69) is 79.7 Å². The summed E-state index contributed by atoms with van der Waals surface area (Å²) >= 11 is 6.53. The molecule has 0 saturated heterocycles. The summed E-state index contributed by atoms with van der Waals surface area (Å²) in [6, 6.07) is 27.9. The van der Waals surface area contributed by atoms with Gasteiger partial charge in [-0.3, -0.25) is 0 Å². The van der Waals surface area contributed by atoms with Crippen molar-refractivity contribution < 1.29 is 4.42 Å². The van der Waals surface area contributed by atoms with Gasteiger partial charge in [-0.1, -0.05) is 91.3 Å². The largest absolute Gasteiger partial charge is 0.455 e. The lowest BCUT2D eigenvalue weighted by Gasteiger charge is -2.23. The zero-order chi connectivity index (χ0) is 22.1. The van der Waals surface area contributed by atoms with Gasteiger partial charge in [0.05, 0.1) is 5.02 Å². The number of fused-ring (bicyclic) bond motifs is 9. The van der Waals surface area contributed by atoms with E-state index in [1.807, 2.05) is 18.2 Å². The second-order valence-corrected chi connectivity index (χ2v) is 9.48. The molecule has 6 aromatic rings. The summed E-state index contributed by atoms with van der Waals surface area (Å²) < 4.78 is 6.33. The van der Waals surface area contributed by atoms with E-state index in [9.17, 15) is 0 Å². The second-order valence-electron chi connectivity index (χ2n) is 9.07. The minimum Gasteiger partial charge on any atom is -0.455 e. The second kappa shape index (κ2) is 6.97. The van der Waals surface area contributed by atoms with Gasteiger partial charge in [0.25, 0.3) is 0 Å². The minimum atomic E-state index is 0.504. The van der Waals surface area contributed by atoms with Gasteiger partial charge in [0, 0.05) is 16.3 Å². The molecule has 33 heavy (non-hydrogen) atoms. The summed E-state index contributed by atoms with van der Waals surface area (Å²) in [5.41, 5.74) is 6.80. The highest BCUT2D eigenvalue weighted by Gasteiger charge is 2.21. The molecular formula is C31H21ClO. The predicted octanol–water partition coefficient (Wildman–Crippen LogP) is 9.73. The summed E-state index contributed by atoms with van der Waals surface area (Å²) in [5.74, 6) is 0.504. The van der Waals surface area contributed by atoms with E-state index in [1.54, 1.807) is 0 Å². The van der Waals surface area contributed by atoms with Crippen molar-refractivity contribution in [3.8, 4) is 11.1 Å². The number of halogens is 1. The van der Waals surface area contributed by atoms with Crippen molar-refractivity contribution in [3.63, 3.8) is 0 Å². The third-order valence-corrected chi connectivity index (χ3v) is 7.47. The highest BCUT2D eigenvalue weighted by atomic mass is 35.5. The monoisotopic (exact) mass is 444 g/mol. The molecule has 1 atom stereocenters. The van der Waals surface area contributed by atoms with Crippen molar-refractivity contribution in [2.24, 2.45) is 0 Å². The van der Waals surface area contributed by atoms with Crippen LogP contribution in [0.2, 0.25) is 5.02 Å². The number of furan rings is 1. The number of allylic oxidation sites excluding steroid dienone is 1. The molecule has 2 heteroatoms. The third kappa shape index (κ3) is 2.66. The van der Waals surface area contributed by atoms with Gasteiger partial charge in [-0.05, 0) is 68.8 Å². The topological polar surface area (TPSA) is 13.1 Å². The summed E-state index contributed by atoms with van der Waals surface area (Å²) in [6.45, 7) is 2.34. The fourth-order valence-corrected chi connectivity index (χ4v) is 5.93. The van der Waals surface area contributed by atoms with Crippen molar-refractivity contribution in [1.82, 2.24) is 0 Å². The van der Waals surface area contributed by atoms with Gasteiger partial charge < -0.3 is 4.42 Å². The van der Waals surface area contributed by atoms with Gasteiger partial charge in [-0.2, -0.15) is 0 Å². The molecule has 1 aliphatic rings. The fraction of sp³-hybridized carbons (Fsp3) is 0.0968. The molecule has 0 N–H and O–H groups in total. The van der Waals surface area contributed by atoms with Crippen LogP contribution in [0.1, 0.15) is 30.4 Å². The SMILES string of the molecule is CC1CC=Cc2c1c1ccc(-c3cccc4c3oc3cccc(Cl)c34)cc1c1ccccc21. The Morgan fingerprint density at radius 2 is 1.61 bits per heavy atom. The van der Waals surface area contributed by atoms with E-state index in [0.29, 0.717) is 5.92 Å². The molecule has 0 amide bonds. The highest BCUT2D eigenvalue weighted by Crippen LogP contribution is 2.44. The van der Waals surface area contributed by atoms with Crippen molar-refractivity contribution in [2.45, 2.75) is 19.3 Å². The molecule has 158 valence electrons. The minimum absolute atomic E-state index is 0.504. The molecule has 1 aliphatic carbocycles. The summed E-state index contributed by atoms with van der Waals surface area (Å²) in [4.78, 5) is 0. The lowest BCUT2D eigenvalue weighted by molar-refractivity contribution is 0.670. The smallest absolute Gasteiger partial charge is 0.143 e. The first kappa shape index (κ1) is 19.0. The zero-order valence-electron chi connectivity index (χ0n) is 18.2. The number of rotatable bonds is 1. The lowest BCUT2D eigenvalue weighted by Crippen LogP contribution is -2.02. The average Bonchev–Trinajstić information content (AvgIpc) is 3.24. The quantitative estimate of drug-likeness (QED) is 0.230. The molecule has 1 nitrogen and oxygen atoms in total. The van der Waals surface area contributed by atoms with E-state index < -0.39 is 0 Å². The van der Waals surface area contributed by atoms with Crippen molar-refractivity contribution in [1.29, 1.82) is 0 Å². The van der Waals surface area contributed by atoms with Crippen molar-refractivity contribution >= 4 is 61.2 Å². The molecule has 1 heterocycles. The van der Waals surface area contributed by atoms with Gasteiger partial charge in [-0.15, -0.1) is 0 Å². The van der Waals surface area contributed by atoms with Gasteiger partial charge in [-0.25, -0.2) is 0 Å². The number of hydrogen-bond donors (Lipinski definition) is 0. The van der Waals surface area contributed by atoms with Crippen molar-refractivity contribution in [2.75, 3.05) is 0 Å². The van der Waals surface area contributed by atoms with Gasteiger partial charge in [0.1, 0.15) is 11.2 Å². The van der Waals surface area contributed by atoms with E-state index >= 15 is 0 Å². The fourth-order valence-electron chi connectivity index (χ4n) is 5.66. The first-order chi connectivity index (χ1) is 16.2. The Kier molecular flexibility index (Phi) is 4.01. The van der Waals surface area contributed by atoms with Gasteiger partial charge in [0.2, 0.25) is 0 Å². The summed E-state index contributed by atoms with van der Waals surface area (Å²) in [5, 5.41) is 8.04. The van der Waals surface area contributed by atoms with E-state index in [1.165, 1.54) is 32.7 Å². The normalized spacial score (nSPS) is 15.6. The molecule has 0 saturated carbocycles. The Morgan fingerprint density at radius 3 is 2.52 bits per heavy atom. The molecule has 0 fully saturated rings. The van der Waals surface area contributed by atoms with Gasteiger partial charge >= 0.3 is 0 Å².